The Labute approximate surface area is 128 Å². The van der Waals surface area contributed by atoms with Crippen LogP contribution in [0.1, 0.15) is 27.2 Å². The van der Waals surface area contributed by atoms with Crippen LogP contribution in [-0.2, 0) is 4.79 Å². The Morgan fingerprint density at radius 1 is 1.25 bits per heavy atom. The summed E-state index contributed by atoms with van der Waals surface area (Å²) >= 11 is 11.4. The van der Waals surface area contributed by atoms with Gasteiger partial charge >= 0.3 is 0 Å². The third-order valence-electron chi connectivity index (χ3n) is 2.78. The topological polar surface area (TPSA) is 41.1 Å². The predicted molar refractivity (Wildman–Crippen MR) is 82.0 cm³/mol. The van der Waals surface area contributed by atoms with Gasteiger partial charge in [0.2, 0.25) is 5.91 Å². The van der Waals surface area contributed by atoms with Crippen molar-refractivity contribution in [3.05, 3.63) is 28.0 Å². The second kappa shape index (κ2) is 7.70. The summed E-state index contributed by atoms with van der Waals surface area (Å²) < 4.78 is 13.3. The zero-order valence-corrected chi connectivity index (χ0v) is 13.3. The van der Waals surface area contributed by atoms with Crippen molar-refractivity contribution in [3.63, 3.8) is 0 Å². The van der Waals surface area contributed by atoms with E-state index in [9.17, 15) is 9.18 Å². The Morgan fingerprint density at radius 2 is 1.80 bits per heavy atom. The lowest BCUT2D eigenvalue weighted by Crippen LogP contribution is -2.38. The van der Waals surface area contributed by atoms with Gasteiger partial charge in [-0.15, -0.1) is 0 Å². The van der Waals surface area contributed by atoms with E-state index in [1.165, 1.54) is 12.1 Å². The number of halogens is 3. The van der Waals surface area contributed by atoms with Crippen LogP contribution in [0.2, 0.25) is 10.0 Å². The van der Waals surface area contributed by atoms with Gasteiger partial charge in [-0.2, -0.15) is 0 Å². The molecule has 1 unspecified atom stereocenters. The molecule has 6 heteroatoms. The summed E-state index contributed by atoms with van der Waals surface area (Å²) in [5.41, 5.74) is 0.507. The SMILES string of the molecule is CC(C)CCNC(=O)C(C)Nc1cc(Cl)c(F)c(Cl)c1. The molecule has 0 radical (unpaired) electrons. The molecule has 1 aromatic rings. The van der Waals surface area contributed by atoms with Gasteiger partial charge in [-0.25, -0.2) is 4.39 Å². The van der Waals surface area contributed by atoms with Gasteiger partial charge in [-0.3, -0.25) is 4.79 Å². The Bertz CT molecular complexity index is 457. The fourth-order valence-corrected chi connectivity index (χ4v) is 2.08. The van der Waals surface area contributed by atoms with Crippen LogP contribution in [0.25, 0.3) is 0 Å². The average Bonchev–Trinajstić information content (AvgIpc) is 2.35. The van der Waals surface area contributed by atoms with Crippen molar-refractivity contribution in [2.45, 2.75) is 33.2 Å². The van der Waals surface area contributed by atoms with E-state index >= 15 is 0 Å². The lowest BCUT2D eigenvalue weighted by molar-refractivity contribution is -0.121. The molecule has 2 N–H and O–H groups in total. The Kier molecular flexibility index (Phi) is 6.56. The van der Waals surface area contributed by atoms with Crippen molar-refractivity contribution in [2.75, 3.05) is 11.9 Å². The molecule has 1 amide bonds. The highest BCUT2D eigenvalue weighted by Crippen LogP contribution is 2.27. The van der Waals surface area contributed by atoms with Gasteiger partial charge in [0.05, 0.1) is 10.0 Å². The van der Waals surface area contributed by atoms with E-state index in [4.69, 9.17) is 23.2 Å². The van der Waals surface area contributed by atoms with Crippen LogP contribution in [0.4, 0.5) is 10.1 Å². The lowest BCUT2D eigenvalue weighted by atomic mass is 10.1. The third-order valence-corrected chi connectivity index (χ3v) is 3.33. The summed E-state index contributed by atoms with van der Waals surface area (Å²) in [6.07, 6.45) is 0.923. The molecule has 0 aliphatic carbocycles. The molecule has 20 heavy (non-hydrogen) atoms. The summed E-state index contributed by atoms with van der Waals surface area (Å²) in [6.45, 7) is 6.54. The van der Waals surface area contributed by atoms with Crippen LogP contribution in [0.3, 0.4) is 0 Å². The van der Waals surface area contributed by atoms with Crippen LogP contribution in [-0.4, -0.2) is 18.5 Å². The smallest absolute Gasteiger partial charge is 0.242 e. The highest BCUT2D eigenvalue weighted by Gasteiger charge is 2.14. The molecule has 0 saturated carbocycles. The summed E-state index contributed by atoms with van der Waals surface area (Å²) in [7, 11) is 0. The predicted octanol–water partition coefficient (Wildman–Crippen LogP) is 4.10. The number of rotatable bonds is 6. The number of carbonyl (C=O) groups excluding carboxylic acids is 1. The van der Waals surface area contributed by atoms with Crippen LogP contribution >= 0.6 is 23.2 Å². The lowest BCUT2D eigenvalue weighted by Gasteiger charge is -2.16. The molecule has 1 aromatic carbocycles. The molecular formula is C14H19Cl2FN2O. The van der Waals surface area contributed by atoms with Crippen LogP contribution in [0, 0.1) is 11.7 Å². The van der Waals surface area contributed by atoms with Crippen molar-refractivity contribution in [1.29, 1.82) is 0 Å². The average molecular weight is 321 g/mol. The molecule has 0 aliphatic rings. The number of hydrogen-bond acceptors (Lipinski definition) is 2. The largest absolute Gasteiger partial charge is 0.374 e. The van der Waals surface area contributed by atoms with Gasteiger partial charge in [-0.1, -0.05) is 37.0 Å². The van der Waals surface area contributed by atoms with Crippen molar-refractivity contribution in [2.24, 2.45) is 5.92 Å². The minimum atomic E-state index is -0.659. The van der Waals surface area contributed by atoms with E-state index < -0.39 is 11.9 Å². The van der Waals surface area contributed by atoms with Crippen molar-refractivity contribution in [3.8, 4) is 0 Å². The molecule has 0 saturated heterocycles. The molecule has 0 fully saturated rings. The highest BCUT2D eigenvalue weighted by molar-refractivity contribution is 6.35. The first-order valence-electron chi connectivity index (χ1n) is 6.50. The Morgan fingerprint density at radius 3 is 2.30 bits per heavy atom. The summed E-state index contributed by atoms with van der Waals surface area (Å²) in [5.74, 6) is -0.247. The summed E-state index contributed by atoms with van der Waals surface area (Å²) in [5, 5.41) is 5.62. The first-order valence-corrected chi connectivity index (χ1v) is 7.25. The van der Waals surface area contributed by atoms with E-state index in [-0.39, 0.29) is 16.0 Å². The minimum absolute atomic E-state index is 0.0765. The number of benzene rings is 1. The Balaban J connectivity index is 2.57. The number of nitrogens with one attached hydrogen (secondary N) is 2. The van der Waals surface area contributed by atoms with Crippen molar-refractivity contribution in [1.82, 2.24) is 5.32 Å². The number of anilines is 1. The van der Waals surface area contributed by atoms with E-state index in [1.807, 2.05) is 0 Å². The van der Waals surface area contributed by atoms with E-state index in [2.05, 4.69) is 24.5 Å². The maximum Gasteiger partial charge on any atom is 0.242 e. The summed E-state index contributed by atoms with van der Waals surface area (Å²) in [6, 6.07) is 2.35. The standard InChI is InChI=1S/C14H19Cl2FN2O/c1-8(2)4-5-18-14(20)9(3)19-10-6-11(15)13(17)12(16)7-10/h6-9,19H,4-5H2,1-3H3,(H,18,20). The van der Waals surface area contributed by atoms with Crippen LogP contribution in [0.15, 0.2) is 12.1 Å². The molecule has 0 aliphatic heterocycles. The number of carbonyl (C=O) groups is 1. The highest BCUT2D eigenvalue weighted by atomic mass is 35.5. The van der Waals surface area contributed by atoms with Crippen molar-refractivity contribution >= 4 is 34.8 Å². The molecule has 0 heterocycles. The summed E-state index contributed by atoms with van der Waals surface area (Å²) in [4.78, 5) is 11.9. The third kappa shape index (κ3) is 5.17. The quantitative estimate of drug-likeness (QED) is 0.775. The van der Waals surface area contributed by atoms with Gasteiger partial charge in [-0.05, 0) is 31.4 Å². The fraction of sp³-hybridized carbons (Fsp3) is 0.500. The first-order chi connectivity index (χ1) is 9.31. The van der Waals surface area contributed by atoms with E-state index in [0.29, 0.717) is 18.2 Å². The molecule has 1 rings (SSSR count). The molecule has 0 spiro atoms. The molecule has 3 nitrogen and oxygen atoms in total. The second-order valence-corrected chi connectivity index (χ2v) is 5.91. The maximum absolute atomic E-state index is 13.3. The van der Waals surface area contributed by atoms with Crippen LogP contribution < -0.4 is 10.6 Å². The Hall–Kier alpha value is -1.00. The van der Waals surface area contributed by atoms with Gasteiger partial charge in [0, 0.05) is 12.2 Å². The molecule has 0 aromatic heterocycles. The molecule has 112 valence electrons. The van der Waals surface area contributed by atoms with Crippen LogP contribution in [0.5, 0.6) is 0 Å². The molecular weight excluding hydrogens is 302 g/mol. The van der Waals surface area contributed by atoms with E-state index in [0.717, 1.165) is 6.42 Å². The van der Waals surface area contributed by atoms with E-state index in [1.54, 1.807) is 6.92 Å². The molecule has 0 bridgehead atoms. The van der Waals surface area contributed by atoms with Crippen molar-refractivity contribution < 1.29 is 9.18 Å². The molecule has 1 atom stereocenters. The monoisotopic (exact) mass is 320 g/mol. The zero-order chi connectivity index (χ0) is 15.3. The number of amides is 1. The normalized spacial score (nSPS) is 12.3. The maximum atomic E-state index is 13.3. The zero-order valence-electron chi connectivity index (χ0n) is 11.8. The van der Waals surface area contributed by atoms with Gasteiger partial charge in [0.15, 0.2) is 5.82 Å². The number of hydrogen-bond donors (Lipinski definition) is 2. The second-order valence-electron chi connectivity index (χ2n) is 5.09. The minimum Gasteiger partial charge on any atom is -0.374 e. The van der Waals surface area contributed by atoms with Gasteiger partial charge in [0.25, 0.3) is 0 Å². The fourth-order valence-electron chi connectivity index (χ4n) is 1.59. The van der Waals surface area contributed by atoms with Gasteiger partial charge in [0.1, 0.15) is 6.04 Å². The van der Waals surface area contributed by atoms with Gasteiger partial charge < -0.3 is 10.6 Å². The first kappa shape index (κ1) is 17.1.